The van der Waals surface area contributed by atoms with Gasteiger partial charge in [0, 0.05) is 31.9 Å². The number of amides is 1. The summed E-state index contributed by atoms with van der Waals surface area (Å²) in [5, 5.41) is 4.22. The zero-order chi connectivity index (χ0) is 12.6. The fourth-order valence-corrected chi connectivity index (χ4v) is 2.18. The highest BCUT2D eigenvalue weighted by molar-refractivity contribution is 5.92. The Morgan fingerprint density at radius 3 is 2.72 bits per heavy atom. The summed E-state index contributed by atoms with van der Waals surface area (Å²) in [6.07, 6.45) is 0.874. The first-order valence-corrected chi connectivity index (χ1v) is 6.04. The lowest BCUT2D eigenvalue weighted by Gasteiger charge is -2.34. The smallest absolute Gasteiger partial charge is 0.274 e. The highest BCUT2D eigenvalue weighted by Gasteiger charge is 2.28. The molecule has 1 aliphatic rings. The molecule has 1 aromatic rings. The second-order valence-corrected chi connectivity index (χ2v) is 4.98. The van der Waals surface area contributed by atoms with Crippen molar-refractivity contribution in [3.63, 3.8) is 0 Å². The summed E-state index contributed by atoms with van der Waals surface area (Å²) in [5.74, 6) is 0.380. The molecule has 102 valence electrons. The van der Waals surface area contributed by atoms with Crippen LogP contribution in [0.5, 0.6) is 0 Å². The Kier molecular flexibility index (Phi) is 4.76. The molecule has 6 heteroatoms. The van der Waals surface area contributed by atoms with E-state index in [1.54, 1.807) is 4.68 Å². The number of rotatable bonds is 1. The molecule has 1 aromatic heterocycles. The number of aryl methyl sites for hydroxylation is 2. The predicted molar refractivity (Wildman–Crippen MR) is 72.9 cm³/mol. The molecule has 0 saturated carbocycles. The van der Waals surface area contributed by atoms with Crippen LogP contribution in [0.1, 0.15) is 29.5 Å². The van der Waals surface area contributed by atoms with E-state index in [0.29, 0.717) is 11.6 Å². The molecule has 1 saturated heterocycles. The summed E-state index contributed by atoms with van der Waals surface area (Å²) in [4.78, 5) is 14.1. The van der Waals surface area contributed by atoms with Crippen LogP contribution in [-0.4, -0.2) is 39.7 Å². The first-order valence-electron chi connectivity index (χ1n) is 6.04. The Hall–Kier alpha value is -1.07. The fraction of sp³-hybridized carbons (Fsp3) is 0.667. The van der Waals surface area contributed by atoms with Gasteiger partial charge in [0.15, 0.2) is 5.69 Å². The van der Waals surface area contributed by atoms with Gasteiger partial charge in [-0.15, -0.1) is 12.4 Å². The average Bonchev–Trinajstić information content (AvgIpc) is 2.62. The SMILES string of the molecule is Cc1cc(C(=O)N2CCC(N)C(C)C2)nn1C.Cl. The third-order valence-electron chi connectivity index (χ3n) is 3.59. The maximum Gasteiger partial charge on any atom is 0.274 e. The van der Waals surface area contributed by atoms with Crippen molar-refractivity contribution in [2.75, 3.05) is 13.1 Å². The van der Waals surface area contributed by atoms with Crippen molar-refractivity contribution in [2.24, 2.45) is 18.7 Å². The molecule has 0 aromatic carbocycles. The Balaban J connectivity index is 0.00000162. The molecular weight excluding hydrogens is 252 g/mol. The second-order valence-electron chi connectivity index (χ2n) is 4.98. The molecular formula is C12H21ClN4O. The Bertz CT molecular complexity index is 412. The van der Waals surface area contributed by atoms with Crippen LogP contribution in [0, 0.1) is 12.8 Å². The lowest BCUT2D eigenvalue weighted by atomic mass is 9.94. The molecule has 0 bridgehead atoms. The summed E-state index contributed by atoms with van der Waals surface area (Å²) >= 11 is 0. The number of halogens is 1. The van der Waals surface area contributed by atoms with E-state index in [1.165, 1.54) is 0 Å². The van der Waals surface area contributed by atoms with Crippen LogP contribution >= 0.6 is 12.4 Å². The summed E-state index contributed by atoms with van der Waals surface area (Å²) in [5.41, 5.74) is 7.48. The first kappa shape index (κ1) is 15.0. The van der Waals surface area contributed by atoms with Crippen molar-refractivity contribution in [2.45, 2.75) is 26.3 Å². The number of likely N-dealkylation sites (tertiary alicyclic amines) is 1. The van der Waals surface area contributed by atoms with Gasteiger partial charge in [0.2, 0.25) is 0 Å². The maximum absolute atomic E-state index is 12.2. The van der Waals surface area contributed by atoms with Gasteiger partial charge in [-0.1, -0.05) is 6.92 Å². The predicted octanol–water partition coefficient (Wildman–Crippen LogP) is 0.960. The minimum absolute atomic E-state index is 0. The lowest BCUT2D eigenvalue weighted by Crippen LogP contribution is -2.48. The van der Waals surface area contributed by atoms with Crippen LogP contribution in [-0.2, 0) is 7.05 Å². The molecule has 2 heterocycles. The molecule has 0 aliphatic carbocycles. The van der Waals surface area contributed by atoms with Gasteiger partial charge in [-0.05, 0) is 25.3 Å². The minimum atomic E-state index is 0. The van der Waals surface area contributed by atoms with Crippen molar-refractivity contribution in [1.29, 1.82) is 0 Å². The van der Waals surface area contributed by atoms with Gasteiger partial charge in [0.1, 0.15) is 0 Å². The van der Waals surface area contributed by atoms with Crippen molar-refractivity contribution >= 4 is 18.3 Å². The molecule has 1 fully saturated rings. The van der Waals surface area contributed by atoms with Crippen LogP contribution in [0.3, 0.4) is 0 Å². The van der Waals surface area contributed by atoms with E-state index < -0.39 is 0 Å². The summed E-state index contributed by atoms with van der Waals surface area (Å²) in [6, 6.07) is 2.05. The largest absolute Gasteiger partial charge is 0.337 e. The molecule has 2 rings (SSSR count). The van der Waals surface area contributed by atoms with Crippen LogP contribution in [0.25, 0.3) is 0 Å². The number of carbonyl (C=O) groups is 1. The Morgan fingerprint density at radius 2 is 2.22 bits per heavy atom. The van der Waals surface area contributed by atoms with E-state index in [-0.39, 0.29) is 24.4 Å². The monoisotopic (exact) mass is 272 g/mol. The van der Waals surface area contributed by atoms with E-state index in [9.17, 15) is 4.79 Å². The van der Waals surface area contributed by atoms with Gasteiger partial charge in [0.25, 0.3) is 5.91 Å². The van der Waals surface area contributed by atoms with E-state index in [2.05, 4.69) is 12.0 Å². The number of aromatic nitrogens is 2. The fourth-order valence-electron chi connectivity index (χ4n) is 2.18. The quantitative estimate of drug-likeness (QED) is 0.828. The van der Waals surface area contributed by atoms with Gasteiger partial charge >= 0.3 is 0 Å². The molecule has 2 N–H and O–H groups in total. The normalized spacial score (nSPS) is 23.7. The van der Waals surface area contributed by atoms with Crippen LogP contribution < -0.4 is 5.73 Å². The van der Waals surface area contributed by atoms with Crippen molar-refractivity contribution in [3.05, 3.63) is 17.5 Å². The zero-order valence-electron chi connectivity index (χ0n) is 11.1. The van der Waals surface area contributed by atoms with Gasteiger partial charge in [0.05, 0.1) is 0 Å². The standard InChI is InChI=1S/C12H20N4O.ClH/c1-8-7-16(5-4-10(8)13)12(17)11-6-9(2)15(3)14-11;/h6,8,10H,4-5,7,13H2,1-3H3;1H. The van der Waals surface area contributed by atoms with Gasteiger partial charge < -0.3 is 10.6 Å². The van der Waals surface area contributed by atoms with Gasteiger partial charge in [-0.3, -0.25) is 9.48 Å². The van der Waals surface area contributed by atoms with Gasteiger partial charge in [-0.2, -0.15) is 5.10 Å². The maximum atomic E-state index is 12.2. The number of nitrogens with two attached hydrogens (primary N) is 1. The topological polar surface area (TPSA) is 64.2 Å². The molecule has 18 heavy (non-hydrogen) atoms. The van der Waals surface area contributed by atoms with Gasteiger partial charge in [-0.25, -0.2) is 0 Å². The number of hydrogen-bond donors (Lipinski definition) is 1. The lowest BCUT2D eigenvalue weighted by molar-refractivity contribution is 0.0657. The molecule has 5 nitrogen and oxygen atoms in total. The number of hydrogen-bond acceptors (Lipinski definition) is 3. The minimum Gasteiger partial charge on any atom is -0.337 e. The highest BCUT2D eigenvalue weighted by Crippen LogP contribution is 2.17. The van der Waals surface area contributed by atoms with E-state index >= 15 is 0 Å². The third-order valence-corrected chi connectivity index (χ3v) is 3.59. The molecule has 2 unspecified atom stereocenters. The summed E-state index contributed by atoms with van der Waals surface area (Å²) < 4.78 is 1.73. The average molecular weight is 273 g/mol. The van der Waals surface area contributed by atoms with Crippen molar-refractivity contribution in [3.8, 4) is 0 Å². The molecule has 0 spiro atoms. The molecule has 2 atom stereocenters. The summed E-state index contributed by atoms with van der Waals surface area (Å²) in [7, 11) is 1.85. The highest BCUT2D eigenvalue weighted by atomic mass is 35.5. The van der Waals surface area contributed by atoms with Crippen LogP contribution in [0.2, 0.25) is 0 Å². The van der Waals surface area contributed by atoms with E-state index in [1.807, 2.05) is 24.9 Å². The van der Waals surface area contributed by atoms with Crippen molar-refractivity contribution in [1.82, 2.24) is 14.7 Å². The molecule has 1 aliphatic heterocycles. The number of piperidine rings is 1. The van der Waals surface area contributed by atoms with E-state index in [4.69, 9.17) is 5.73 Å². The Morgan fingerprint density at radius 1 is 1.56 bits per heavy atom. The number of carbonyl (C=O) groups excluding carboxylic acids is 1. The molecule has 1 amide bonds. The van der Waals surface area contributed by atoms with Crippen LogP contribution in [0.4, 0.5) is 0 Å². The van der Waals surface area contributed by atoms with Crippen molar-refractivity contribution < 1.29 is 4.79 Å². The second kappa shape index (κ2) is 5.71. The first-order chi connectivity index (χ1) is 7.99. The summed E-state index contributed by atoms with van der Waals surface area (Å²) in [6.45, 7) is 5.50. The molecule has 0 radical (unpaired) electrons. The van der Waals surface area contributed by atoms with E-state index in [0.717, 1.165) is 25.2 Å². The zero-order valence-corrected chi connectivity index (χ0v) is 11.9. The number of nitrogens with zero attached hydrogens (tertiary/aromatic N) is 3. The Labute approximate surface area is 114 Å². The third kappa shape index (κ3) is 2.84. The van der Waals surface area contributed by atoms with Crippen LogP contribution in [0.15, 0.2) is 6.07 Å².